The van der Waals surface area contributed by atoms with Crippen molar-refractivity contribution >= 4 is 8.07 Å². The first kappa shape index (κ1) is 16.8. The van der Waals surface area contributed by atoms with Crippen molar-refractivity contribution < 1.29 is 0 Å². The smallest absolute Gasteiger partial charge is 0.0664 e. The zero-order valence-corrected chi connectivity index (χ0v) is 13.3. The summed E-state index contributed by atoms with van der Waals surface area (Å²) in [7, 11) is -1.09. The number of hydrogen-bond donors (Lipinski definition) is 0. The van der Waals surface area contributed by atoms with Crippen LogP contribution in [0.15, 0.2) is 0 Å². The molecule has 0 aromatic carbocycles. The molecule has 0 spiro atoms. The van der Waals surface area contributed by atoms with Crippen LogP contribution in [-0.4, -0.2) is 8.07 Å². The molecular weight excluding hydrogens is 220 g/mol. The van der Waals surface area contributed by atoms with E-state index in [1.54, 1.807) is 0 Å². The van der Waals surface area contributed by atoms with Crippen LogP contribution >= 0.6 is 0 Å². The topological polar surface area (TPSA) is 0 Å². The van der Waals surface area contributed by atoms with Crippen LogP contribution < -0.4 is 0 Å². The third kappa shape index (κ3) is 7.66. The standard InChI is InChI=1S/C16H31Si/c1-5-9-13-17(14-10-6-2,15-11-7-3)16-12-8-4/h1,6-8,10-16H2,2-4H3. The Kier molecular flexibility index (Phi) is 10.8. The molecule has 0 unspecified atom stereocenters. The fourth-order valence-corrected chi connectivity index (χ4v) is 7.64. The maximum Gasteiger partial charge on any atom is 0.0664 e. The minimum Gasteiger partial charge on any atom is -0.106 e. The third-order valence-electron chi connectivity index (χ3n) is 3.77. The summed E-state index contributed by atoms with van der Waals surface area (Å²) in [6.07, 6.45) is 8.26. The molecule has 0 N–H and O–H groups in total. The van der Waals surface area contributed by atoms with Crippen LogP contribution in [0.25, 0.3) is 0 Å². The molecule has 17 heavy (non-hydrogen) atoms. The maximum atomic E-state index is 3.69. The van der Waals surface area contributed by atoms with Gasteiger partial charge in [-0.05, 0) is 0 Å². The van der Waals surface area contributed by atoms with Crippen LogP contribution in [0.5, 0.6) is 0 Å². The minimum absolute atomic E-state index is 1.09. The van der Waals surface area contributed by atoms with Crippen LogP contribution in [0.3, 0.4) is 0 Å². The monoisotopic (exact) mass is 251 g/mol. The Bertz CT molecular complexity index is 200. The van der Waals surface area contributed by atoms with E-state index in [2.05, 4.69) is 39.5 Å². The van der Waals surface area contributed by atoms with Crippen LogP contribution in [0.4, 0.5) is 0 Å². The van der Waals surface area contributed by atoms with Crippen LogP contribution in [0.1, 0.15) is 59.3 Å². The van der Waals surface area contributed by atoms with Gasteiger partial charge in [-0.15, -0.1) is 11.8 Å². The van der Waals surface area contributed by atoms with Gasteiger partial charge >= 0.3 is 0 Å². The van der Waals surface area contributed by atoms with E-state index in [4.69, 9.17) is 0 Å². The molecule has 0 aliphatic rings. The average molecular weight is 252 g/mol. The summed E-state index contributed by atoms with van der Waals surface area (Å²) >= 11 is 0. The molecule has 0 bridgehead atoms. The van der Waals surface area contributed by atoms with Gasteiger partial charge in [0, 0.05) is 13.0 Å². The number of unbranched alkanes of at least 4 members (excludes halogenated alkanes) is 3. The Labute approximate surface area is 111 Å². The summed E-state index contributed by atoms with van der Waals surface area (Å²) in [6, 6.07) is 5.70. The van der Waals surface area contributed by atoms with Crippen molar-refractivity contribution in [3.63, 3.8) is 0 Å². The summed E-state index contributed by atoms with van der Waals surface area (Å²) in [6.45, 7) is 10.6. The third-order valence-corrected chi connectivity index (χ3v) is 8.94. The highest BCUT2D eigenvalue weighted by molar-refractivity contribution is 6.80. The van der Waals surface area contributed by atoms with Gasteiger partial charge in [-0.1, -0.05) is 77.4 Å². The SMILES string of the molecule is [CH2]C#CC[Si](CCCC)(CCCC)CCCC. The van der Waals surface area contributed by atoms with Gasteiger partial charge in [0.15, 0.2) is 0 Å². The van der Waals surface area contributed by atoms with E-state index in [-0.39, 0.29) is 0 Å². The molecule has 1 radical (unpaired) electrons. The minimum atomic E-state index is -1.09. The molecule has 0 heterocycles. The Morgan fingerprint density at radius 3 is 1.53 bits per heavy atom. The molecule has 0 aliphatic carbocycles. The summed E-state index contributed by atoms with van der Waals surface area (Å²) in [5, 5.41) is 0. The molecular formula is C16H31Si. The van der Waals surface area contributed by atoms with Gasteiger partial charge in [0.05, 0.1) is 8.07 Å². The molecule has 0 saturated heterocycles. The molecule has 0 atom stereocenters. The van der Waals surface area contributed by atoms with Gasteiger partial charge in [0.25, 0.3) is 0 Å². The van der Waals surface area contributed by atoms with E-state index in [9.17, 15) is 0 Å². The second-order valence-electron chi connectivity index (χ2n) is 5.34. The zero-order chi connectivity index (χ0) is 13.0. The predicted octanol–water partition coefficient (Wildman–Crippen LogP) is 5.67. The van der Waals surface area contributed by atoms with E-state index >= 15 is 0 Å². The quantitative estimate of drug-likeness (QED) is 0.346. The Morgan fingerprint density at radius 1 is 0.824 bits per heavy atom. The molecule has 0 aromatic rings. The van der Waals surface area contributed by atoms with Gasteiger partial charge in [-0.3, -0.25) is 0 Å². The lowest BCUT2D eigenvalue weighted by molar-refractivity contribution is 0.791. The highest BCUT2D eigenvalue weighted by Crippen LogP contribution is 2.31. The highest BCUT2D eigenvalue weighted by Gasteiger charge is 2.29. The summed E-state index contributed by atoms with van der Waals surface area (Å²) in [5.74, 6) is 6.20. The van der Waals surface area contributed by atoms with Crippen molar-refractivity contribution in [1.82, 2.24) is 0 Å². The van der Waals surface area contributed by atoms with Gasteiger partial charge in [0.2, 0.25) is 0 Å². The summed E-state index contributed by atoms with van der Waals surface area (Å²) in [5.41, 5.74) is 0. The van der Waals surface area contributed by atoms with Crippen LogP contribution in [-0.2, 0) is 0 Å². The fraction of sp³-hybridized carbons (Fsp3) is 0.812. The molecule has 0 nitrogen and oxygen atoms in total. The lowest BCUT2D eigenvalue weighted by Gasteiger charge is -2.30. The molecule has 0 aliphatic heterocycles. The second kappa shape index (κ2) is 10.9. The molecule has 0 saturated carbocycles. The zero-order valence-electron chi connectivity index (χ0n) is 12.3. The van der Waals surface area contributed by atoms with Crippen molar-refractivity contribution in [2.24, 2.45) is 0 Å². The predicted molar refractivity (Wildman–Crippen MR) is 82.8 cm³/mol. The van der Waals surface area contributed by atoms with E-state index in [0.717, 1.165) is 0 Å². The maximum absolute atomic E-state index is 3.69. The van der Waals surface area contributed by atoms with Crippen molar-refractivity contribution in [3.8, 4) is 11.8 Å². The molecule has 0 rings (SSSR count). The average Bonchev–Trinajstić information content (AvgIpc) is 2.37. The van der Waals surface area contributed by atoms with Crippen LogP contribution in [0, 0.1) is 18.8 Å². The molecule has 0 fully saturated rings. The first-order valence-corrected chi connectivity index (χ1v) is 10.3. The van der Waals surface area contributed by atoms with Crippen molar-refractivity contribution in [2.75, 3.05) is 0 Å². The first-order chi connectivity index (χ1) is 8.24. The van der Waals surface area contributed by atoms with E-state index < -0.39 is 8.07 Å². The number of hydrogen-bond acceptors (Lipinski definition) is 0. The lowest BCUT2D eigenvalue weighted by Crippen LogP contribution is -2.33. The van der Waals surface area contributed by atoms with E-state index in [1.165, 1.54) is 62.7 Å². The lowest BCUT2D eigenvalue weighted by atomic mass is 10.4. The van der Waals surface area contributed by atoms with Crippen molar-refractivity contribution in [3.05, 3.63) is 6.92 Å². The summed E-state index contributed by atoms with van der Waals surface area (Å²) < 4.78 is 0. The highest BCUT2D eigenvalue weighted by atomic mass is 28.3. The largest absolute Gasteiger partial charge is 0.106 e. The van der Waals surface area contributed by atoms with Gasteiger partial charge in [0.1, 0.15) is 0 Å². The van der Waals surface area contributed by atoms with Crippen LogP contribution in [0.2, 0.25) is 24.2 Å². The van der Waals surface area contributed by atoms with E-state index in [0.29, 0.717) is 0 Å². The fourth-order valence-electron chi connectivity index (χ4n) is 2.55. The Balaban J connectivity index is 4.54. The molecule has 0 aromatic heterocycles. The van der Waals surface area contributed by atoms with Crippen molar-refractivity contribution in [1.29, 1.82) is 0 Å². The normalized spacial score (nSPS) is 11.1. The Morgan fingerprint density at radius 2 is 1.24 bits per heavy atom. The molecule has 0 amide bonds. The molecule has 99 valence electrons. The van der Waals surface area contributed by atoms with Gasteiger partial charge in [-0.25, -0.2) is 0 Å². The van der Waals surface area contributed by atoms with E-state index in [1.807, 2.05) is 0 Å². The number of rotatable bonds is 10. The van der Waals surface area contributed by atoms with Gasteiger partial charge in [-0.2, -0.15) is 0 Å². The Hall–Kier alpha value is -0.223. The first-order valence-electron chi connectivity index (χ1n) is 7.49. The summed E-state index contributed by atoms with van der Waals surface area (Å²) in [4.78, 5) is 0. The molecule has 1 heteroatoms. The van der Waals surface area contributed by atoms with Crippen molar-refractivity contribution in [2.45, 2.75) is 83.5 Å². The second-order valence-corrected chi connectivity index (χ2v) is 10.2. The van der Waals surface area contributed by atoms with Gasteiger partial charge < -0.3 is 0 Å².